The molecule has 2 heterocycles. The Balaban J connectivity index is 1.93. The Morgan fingerprint density at radius 2 is 2.00 bits per heavy atom. The van der Waals surface area contributed by atoms with Gasteiger partial charge in [0.15, 0.2) is 5.65 Å². The molecule has 124 valence electrons. The lowest BCUT2D eigenvalue weighted by atomic mass is 10.1. The zero-order chi connectivity index (χ0) is 17.5. The highest BCUT2D eigenvalue weighted by Crippen LogP contribution is 2.31. The van der Waals surface area contributed by atoms with Crippen molar-refractivity contribution >= 4 is 17.1 Å². The molecule has 0 saturated carbocycles. The predicted molar refractivity (Wildman–Crippen MR) is 72.8 cm³/mol. The molecule has 0 aliphatic rings. The molecule has 0 bridgehead atoms. The van der Waals surface area contributed by atoms with Crippen LogP contribution < -0.4 is 0 Å². The van der Waals surface area contributed by atoms with Crippen LogP contribution in [-0.4, -0.2) is 30.6 Å². The molecule has 0 unspecified atom stereocenters. The molecule has 0 spiro atoms. The number of hydrogen-bond acceptors (Lipinski definition) is 4. The van der Waals surface area contributed by atoms with Crippen LogP contribution in [0, 0.1) is 5.82 Å². The average Bonchev–Trinajstić information content (AvgIpc) is 2.88. The number of alkyl halides is 3. The highest BCUT2D eigenvalue weighted by Gasteiger charge is 2.33. The summed E-state index contributed by atoms with van der Waals surface area (Å²) in [5.74, 6) is -3.10. The number of hydrogen-bond donors (Lipinski definition) is 1. The molecule has 6 nitrogen and oxygen atoms in total. The molecule has 3 aromatic rings. The van der Waals surface area contributed by atoms with E-state index in [-0.39, 0.29) is 17.8 Å². The van der Waals surface area contributed by atoms with Crippen molar-refractivity contribution in [1.29, 1.82) is 0 Å². The maximum atomic E-state index is 13.6. The van der Waals surface area contributed by atoms with E-state index < -0.39 is 29.4 Å². The molecule has 0 amide bonds. The van der Waals surface area contributed by atoms with Crippen molar-refractivity contribution in [1.82, 2.24) is 19.5 Å². The SMILES string of the molecule is O=C(O)c1ncc2c(ncn2Cc2ccc(C(F)(F)F)c(F)c2)n1. The maximum absolute atomic E-state index is 13.6. The Labute approximate surface area is 131 Å². The zero-order valence-electron chi connectivity index (χ0n) is 11.8. The third-order valence-electron chi connectivity index (χ3n) is 3.26. The number of aromatic carboxylic acids is 1. The first-order chi connectivity index (χ1) is 11.3. The lowest BCUT2D eigenvalue weighted by Crippen LogP contribution is -2.09. The summed E-state index contributed by atoms with van der Waals surface area (Å²) in [6.07, 6.45) is -2.20. The minimum absolute atomic E-state index is 0.0291. The number of nitrogens with zero attached hydrogens (tertiary/aromatic N) is 4. The van der Waals surface area contributed by atoms with Gasteiger partial charge in [0.1, 0.15) is 11.3 Å². The summed E-state index contributed by atoms with van der Waals surface area (Å²) in [5.41, 5.74) is -0.562. The third kappa shape index (κ3) is 2.90. The van der Waals surface area contributed by atoms with Gasteiger partial charge in [-0.15, -0.1) is 0 Å². The Bertz CT molecular complexity index is 936. The van der Waals surface area contributed by atoms with E-state index in [1.165, 1.54) is 17.1 Å². The van der Waals surface area contributed by atoms with Crippen molar-refractivity contribution in [3.05, 3.63) is 53.5 Å². The molecule has 0 aliphatic heterocycles. The van der Waals surface area contributed by atoms with Crippen LogP contribution in [0.1, 0.15) is 21.7 Å². The summed E-state index contributed by atoms with van der Waals surface area (Å²) in [5, 5.41) is 8.82. The van der Waals surface area contributed by atoms with Crippen molar-refractivity contribution in [3.8, 4) is 0 Å². The van der Waals surface area contributed by atoms with Gasteiger partial charge in [0.25, 0.3) is 0 Å². The summed E-state index contributed by atoms with van der Waals surface area (Å²) in [4.78, 5) is 22.1. The van der Waals surface area contributed by atoms with Gasteiger partial charge in [0.2, 0.25) is 5.82 Å². The third-order valence-corrected chi connectivity index (χ3v) is 3.26. The Morgan fingerprint density at radius 3 is 2.62 bits per heavy atom. The Kier molecular flexibility index (Phi) is 3.66. The summed E-state index contributed by atoms with van der Waals surface area (Å²) in [6, 6.07) is 2.62. The van der Waals surface area contributed by atoms with Gasteiger partial charge in [-0.3, -0.25) is 0 Å². The molecule has 0 aliphatic carbocycles. The smallest absolute Gasteiger partial charge is 0.419 e. The van der Waals surface area contributed by atoms with Crippen molar-refractivity contribution in [2.24, 2.45) is 0 Å². The van der Waals surface area contributed by atoms with Crippen LogP contribution in [0.15, 0.2) is 30.7 Å². The molecule has 3 rings (SSSR count). The number of rotatable bonds is 3. The van der Waals surface area contributed by atoms with E-state index in [1.807, 2.05) is 0 Å². The van der Waals surface area contributed by atoms with Gasteiger partial charge in [-0.1, -0.05) is 6.07 Å². The van der Waals surface area contributed by atoms with E-state index >= 15 is 0 Å². The fourth-order valence-electron chi connectivity index (χ4n) is 2.16. The standard InChI is InChI=1S/C14H8F4N4O2/c15-9-3-7(1-2-8(9)14(16,17)18)5-22-6-20-11-10(22)4-19-12(21-11)13(23)24/h1-4,6H,5H2,(H,23,24). The van der Waals surface area contributed by atoms with Crippen LogP contribution in [0.5, 0.6) is 0 Å². The number of halogens is 4. The van der Waals surface area contributed by atoms with Crippen molar-refractivity contribution < 1.29 is 27.5 Å². The van der Waals surface area contributed by atoms with Gasteiger partial charge < -0.3 is 9.67 Å². The van der Waals surface area contributed by atoms with E-state index in [0.717, 1.165) is 12.1 Å². The van der Waals surface area contributed by atoms with E-state index in [2.05, 4.69) is 15.0 Å². The number of carbonyl (C=O) groups is 1. The first-order valence-corrected chi connectivity index (χ1v) is 6.52. The predicted octanol–water partition coefficient (Wildman–Crippen LogP) is 2.73. The molecule has 0 fully saturated rings. The second-order valence-electron chi connectivity index (χ2n) is 4.89. The summed E-state index contributed by atoms with van der Waals surface area (Å²) >= 11 is 0. The average molecular weight is 340 g/mol. The molecule has 1 N–H and O–H groups in total. The van der Waals surface area contributed by atoms with E-state index in [9.17, 15) is 22.4 Å². The first kappa shape index (κ1) is 15.8. The Hall–Kier alpha value is -3.04. The molecule has 0 saturated heterocycles. The summed E-state index contributed by atoms with van der Waals surface area (Å²) in [7, 11) is 0. The molecule has 10 heteroatoms. The number of imidazole rings is 1. The van der Waals surface area contributed by atoms with Crippen LogP contribution in [0.3, 0.4) is 0 Å². The van der Waals surface area contributed by atoms with Crippen molar-refractivity contribution in [2.45, 2.75) is 12.7 Å². The van der Waals surface area contributed by atoms with Gasteiger partial charge in [-0.2, -0.15) is 13.2 Å². The van der Waals surface area contributed by atoms with Crippen LogP contribution in [0.4, 0.5) is 17.6 Å². The minimum atomic E-state index is -4.76. The zero-order valence-corrected chi connectivity index (χ0v) is 11.8. The summed E-state index contributed by atoms with van der Waals surface area (Å²) < 4.78 is 52.7. The van der Waals surface area contributed by atoms with E-state index in [0.29, 0.717) is 11.6 Å². The van der Waals surface area contributed by atoms with Crippen LogP contribution in [0.25, 0.3) is 11.2 Å². The highest BCUT2D eigenvalue weighted by molar-refractivity contribution is 5.85. The topological polar surface area (TPSA) is 80.9 Å². The number of benzene rings is 1. The Morgan fingerprint density at radius 1 is 1.25 bits per heavy atom. The van der Waals surface area contributed by atoms with Gasteiger partial charge in [0, 0.05) is 6.54 Å². The van der Waals surface area contributed by atoms with Gasteiger partial charge in [-0.05, 0) is 17.7 Å². The molecular formula is C14H8F4N4O2. The first-order valence-electron chi connectivity index (χ1n) is 6.52. The number of carboxylic acid groups (broad SMARTS) is 1. The maximum Gasteiger partial charge on any atom is 0.419 e. The fraction of sp³-hybridized carbons (Fsp3) is 0.143. The van der Waals surface area contributed by atoms with Crippen LogP contribution >= 0.6 is 0 Å². The number of carboxylic acids is 1. The second-order valence-corrected chi connectivity index (χ2v) is 4.89. The number of aromatic nitrogens is 4. The summed E-state index contributed by atoms with van der Waals surface area (Å²) in [6.45, 7) is 0.0291. The fourth-order valence-corrected chi connectivity index (χ4v) is 2.16. The largest absolute Gasteiger partial charge is 0.475 e. The quantitative estimate of drug-likeness (QED) is 0.742. The van der Waals surface area contributed by atoms with Crippen molar-refractivity contribution in [3.63, 3.8) is 0 Å². The monoisotopic (exact) mass is 340 g/mol. The highest BCUT2D eigenvalue weighted by atomic mass is 19.4. The molecule has 0 atom stereocenters. The minimum Gasteiger partial charge on any atom is -0.475 e. The molecule has 0 radical (unpaired) electrons. The second kappa shape index (κ2) is 5.55. The van der Waals surface area contributed by atoms with E-state index in [4.69, 9.17) is 5.11 Å². The van der Waals surface area contributed by atoms with Crippen molar-refractivity contribution in [2.75, 3.05) is 0 Å². The van der Waals surface area contributed by atoms with Crippen LogP contribution in [0.2, 0.25) is 0 Å². The molecular weight excluding hydrogens is 332 g/mol. The molecule has 24 heavy (non-hydrogen) atoms. The lowest BCUT2D eigenvalue weighted by Gasteiger charge is -2.10. The normalized spacial score (nSPS) is 11.8. The molecule has 1 aromatic carbocycles. The van der Waals surface area contributed by atoms with Gasteiger partial charge in [0.05, 0.1) is 18.1 Å². The van der Waals surface area contributed by atoms with Crippen LogP contribution in [-0.2, 0) is 12.7 Å². The molecule has 2 aromatic heterocycles. The number of fused-ring (bicyclic) bond motifs is 1. The van der Waals surface area contributed by atoms with E-state index in [1.54, 1.807) is 0 Å². The van der Waals surface area contributed by atoms with Gasteiger partial charge >= 0.3 is 12.1 Å². The van der Waals surface area contributed by atoms with Gasteiger partial charge in [-0.25, -0.2) is 24.1 Å². The lowest BCUT2D eigenvalue weighted by molar-refractivity contribution is -0.140.